The van der Waals surface area contributed by atoms with E-state index in [4.69, 9.17) is 9.47 Å². The van der Waals surface area contributed by atoms with Crippen molar-refractivity contribution < 1.29 is 19.1 Å². The molecule has 3 aromatic rings. The highest BCUT2D eigenvalue weighted by Gasteiger charge is 2.26. The maximum absolute atomic E-state index is 12.9. The first-order chi connectivity index (χ1) is 14.6. The van der Waals surface area contributed by atoms with Crippen LogP contribution in [0.15, 0.2) is 91.0 Å². The van der Waals surface area contributed by atoms with E-state index in [1.165, 1.54) is 0 Å². The van der Waals surface area contributed by atoms with Crippen LogP contribution in [0.5, 0.6) is 0 Å². The third-order valence-electron chi connectivity index (χ3n) is 4.65. The minimum atomic E-state index is -0.998. The van der Waals surface area contributed by atoms with Gasteiger partial charge in [0.15, 0.2) is 6.10 Å². The molecule has 2 atom stereocenters. The highest BCUT2D eigenvalue weighted by atomic mass is 16.7. The molecule has 5 nitrogen and oxygen atoms in total. The van der Waals surface area contributed by atoms with Crippen LogP contribution in [0.4, 0.5) is 4.79 Å². The first-order valence-corrected chi connectivity index (χ1v) is 9.88. The van der Waals surface area contributed by atoms with Gasteiger partial charge in [-0.1, -0.05) is 91.0 Å². The molecule has 0 aliphatic carbocycles. The Hall–Kier alpha value is -3.60. The molecule has 154 valence electrons. The second kappa shape index (κ2) is 10.8. The molecule has 3 rings (SSSR count). The van der Waals surface area contributed by atoms with E-state index in [0.717, 1.165) is 16.7 Å². The first-order valence-electron chi connectivity index (χ1n) is 9.88. The molecule has 0 saturated heterocycles. The fourth-order valence-corrected chi connectivity index (χ4v) is 3.01. The van der Waals surface area contributed by atoms with Gasteiger partial charge in [0.05, 0.1) is 6.04 Å². The molecule has 0 saturated carbocycles. The average Bonchev–Trinajstić information content (AvgIpc) is 2.79. The summed E-state index contributed by atoms with van der Waals surface area (Å²) in [4.78, 5) is 25.1. The summed E-state index contributed by atoms with van der Waals surface area (Å²) in [6.45, 7) is 1.97. The van der Waals surface area contributed by atoms with E-state index in [1.807, 2.05) is 97.9 Å². The molecule has 1 unspecified atom stereocenters. The SMILES string of the molecule is CC(NC(=O)[C@H](Cc1ccccc1)OC(=O)OCc1ccccc1)c1ccccc1. The van der Waals surface area contributed by atoms with Crippen LogP contribution in [0.1, 0.15) is 29.7 Å². The highest BCUT2D eigenvalue weighted by Crippen LogP contribution is 2.14. The molecule has 0 spiro atoms. The van der Waals surface area contributed by atoms with Crippen molar-refractivity contribution >= 4 is 12.1 Å². The Morgan fingerprint density at radius 2 is 1.33 bits per heavy atom. The first kappa shape index (κ1) is 21.1. The lowest BCUT2D eigenvalue weighted by Crippen LogP contribution is -2.40. The molecule has 0 aliphatic heterocycles. The predicted molar refractivity (Wildman–Crippen MR) is 115 cm³/mol. The van der Waals surface area contributed by atoms with Crippen molar-refractivity contribution in [1.29, 1.82) is 0 Å². The van der Waals surface area contributed by atoms with Gasteiger partial charge in [0.2, 0.25) is 0 Å². The molecule has 0 aromatic heterocycles. The third-order valence-corrected chi connectivity index (χ3v) is 4.65. The lowest BCUT2D eigenvalue weighted by Gasteiger charge is -2.21. The highest BCUT2D eigenvalue weighted by molar-refractivity contribution is 5.83. The summed E-state index contributed by atoms with van der Waals surface area (Å²) in [7, 11) is 0. The van der Waals surface area contributed by atoms with E-state index in [1.54, 1.807) is 0 Å². The molecule has 0 radical (unpaired) electrons. The number of hydrogen-bond acceptors (Lipinski definition) is 4. The Labute approximate surface area is 176 Å². The van der Waals surface area contributed by atoms with E-state index < -0.39 is 12.3 Å². The van der Waals surface area contributed by atoms with Gasteiger partial charge in [-0.25, -0.2) is 4.79 Å². The molecule has 0 aliphatic rings. The van der Waals surface area contributed by atoms with Gasteiger partial charge in [-0.2, -0.15) is 0 Å². The summed E-state index contributed by atoms with van der Waals surface area (Å²) in [6, 6.07) is 28.1. The molecule has 5 heteroatoms. The van der Waals surface area contributed by atoms with Crippen LogP contribution in [0.2, 0.25) is 0 Å². The number of carbonyl (C=O) groups is 2. The van der Waals surface area contributed by atoms with E-state index in [9.17, 15) is 9.59 Å². The number of ether oxygens (including phenoxy) is 2. The van der Waals surface area contributed by atoms with Crippen molar-refractivity contribution in [2.45, 2.75) is 32.1 Å². The monoisotopic (exact) mass is 403 g/mol. The normalized spacial score (nSPS) is 12.4. The van der Waals surface area contributed by atoms with Crippen molar-refractivity contribution in [3.8, 4) is 0 Å². The quantitative estimate of drug-likeness (QED) is 0.547. The van der Waals surface area contributed by atoms with Gasteiger partial charge in [0.1, 0.15) is 6.61 Å². The minimum absolute atomic E-state index is 0.0831. The molecule has 0 heterocycles. The Bertz CT molecular complexity index is 929. The van der Waals surface area contributed by atoms with E-state index in [0.29, 0.717) is 0 Å². The summed E-state index contributed by atoms with van der Waals surface area (Å²) < 4.78 is 10.6. The summed E-state index contributed by atoms with van der Waals surface area (Å²) in [6.07, 6.45) is -1.61. The van der Waals surface area contributed by atoms with Crippen molar-refractivity contribution in [1.82, 2.24) is 5.32 Å². The number of amides is 1. The van der Waals surface area contributed by atoms with Crippen LogP contribution in [0, 0.1) is 0 Å². The minimum Gasteiger partial charge on any atom is -0.429 e. The Balaban J connectivity index is 1.64. The lowest BCUT2D eigenvalue weighted by atomic mass is 10.1. The fourth-order valence-electron chi connectivity index (χ4n) is 3.01. The van der Waals surface area contributed by atoms with Gasteiger partial charge in [-0.3, -0.25) is 4.79 Å². The topological polar surface area (TPSA) is 64.6 Å². The molecule has 3 aromatic carbocycles. The van der Waals surface area contributed by atoms with Crippen molar-refractivity contribution in [2.75, 3.05) is 0 Å². The summed E-state index contributed by atoms with van der Waals surface area (Å²) in [5.74, 6) is -0.369. The Morgan fingerprint density at radius 3 is 1.93 bits per heavy atom. The van der Waals surface area contributed by atoms with Crippen molar-refractivity contribution in [3.63, 3.8) is 0 Å². The van der Waals surface area contributed by atoms with Crippen LogP contribution >= 0.6 is 0 Å². The number of carbonyl (C=O) groups excluding carboxylic acids is 2. The second-order valence-corrected chi connectivity index (χ2v) is 6.96. The lowest BCUT2D eigenvalue weighted by molar-refractivity contribution is -0.131. The smallest absolute Gasteiger partial charge is 0.429 e. The van der Waals surface area contributed by atoms with Gasteiger partial charge in [-0.05, 0) is 23.6 Å². The summed E-state index contributed by atoms with van der Waals surface area (Å²) in [5, 5.41) is 2.92. The number of rotatable bonds is 8. The summed E-state index contributed by atoms with van der Waals surface area (Å²) >= 11 is 0. The zero-order valence-corrected chi connectivity index (χ0v) is 16.9. The molecular formula is C25H25NO4. The van der Waals surface area contributed by atoms with Crippen LogP contribution in [0.3, 0.4) is 0 Å². The molecule has 1 N–H and O–H groups in total. The maximum Gasteiger partial charge on any atom is 0.509 e. The Kier molecular flexibility index (Phi) is 7.61. The molecule has 0 fully saturated rings. The van der Waals surface area contributed by atoms with Crippen LogP contribution in [0.25, 0.3) is 0 Å². The van der Waals surface area contributed by atoms with E-state index in [-0.39, 0.29) is 25.0 Å². The predicted octanol–water partition coefficient (Wildman–Crippen LogP) is 4.83. The van der Waals surface area contributed by atoms with Crippen LogP contribution in [-0.4, -0.2) is 18.2 Å². The largest absolute Gasteiger partial charge is 0.509 e. The van der Waals surface area contributed by atoms with Crippen LogP contribution < -0.4 is 5.32 Å². The zero-order chi connectivity index (χ0) is 21.2. The van der Waals surface area contributed by atoms with Crippen molar-refractivity contribution in [3.05, 3.63) is 108 Å². The fraction of sp³-hybridized carbons (Fsp3) is 0.200. The standard InChI is InChI=1S/C25H25NO4/c1-19(22-15-9-4-10-16-22)26-24(27)23(17-20-11-5-2-6-12-20)30-25(28)29-18-21-13-7-3-8-14-21/h2-16,19,23H,17-18H2,1H3,(H,26,27)/t19?,23-/m0/s1. The molecule has 0 bridgehead atoms. The Morgan fingerprint density at radius 1 is 0.800 bits per heavy atom. The molecular weight excluding hydrogens is 378 g/mol. The van der Waals surface area contributed by atoms with Gasteiger partial charge >= 0.3 is 6.16 Å². The van der Waals surface area contributed by atoms with Crippen LogP contribution in [-0.2, 0) is 27.3 Å². The molecule has 30 heavy (non-hydrogen) atoms. The average molecular weight is 403 g/mol. The van der Waals surface area contributed by atoms with Gasteiger partial charge < -0.3 is 14.8 Å². The van der Waals surface area contributed by atoms with Crippen molar-refractivity contribution in [2.24, 2.45) is 0 Å². The zero-order valence-electron chi connectivity index (χ0n) is 16.9. The third kappa shape index (κ3) is 6.48. The van der Waals surface area contributed by atoms with Gasteiger partial charge in [0.25, 0.3) is 5.91 Å². The van der Waals surface area contributed by atoms with Gasteiger partial charge in [0, 0.05) is 6.42 Å². The van der Waals surface area contributed by atoms with E-state index in [2.05, 4.69) is 5.32 Å². The summed E-state index contributed by atoms with van der Waals surface area (Å²) in [5.41, 5.74) is 2.70. The second-order valence-electron chi connectivity index (χ2n) is 6.96. The number of hydrogen-bond donors (Lipinski definition) is 1. The maximum atomic E-state index is 12.9. The number of nitrogens with one attached hydrogen (secondary N) is 1. The molecule has 1 amide bonds. The van der Waals surface area contributed by atoms with E-state index >= 15 is 0 Å². The van der Waals surface area contributed by atoms with Gasteiger partial charge in [-0.15, -0.1) is 0 Å². The number of benzene rings is 3.